The number of amidine groups is 1. The number of nitrogens with zero attached hydrogens (tertiary/aromatic N) is 1. The summed E-state index contributed by atoms with van der Waals surface area (Å²) in [5, 5.41) is 3.56. The second-order valence-corrected chi connectivity index (χ2v) is 4.20. The van der Waals surface area contributed by atoms with Crippen molar-refractivity contribution in [3.63, 3.8) is 0 Å². The first-order chi connectivity index (χ1) is 10.7. The number of hydrogen-bond donors (Lipinski definition) is 1. The molecule has 0 atom stereocenters. The molecule has 0 radical (unpaired) electrons. The van der Waals surface area contributed by atoms with Gasteiger partial charge in [-0.15, -0.1) is 0 Å². The maximum absolute atomic E-state index is 11.5. The Balaban J connectivity index is 1.82. The smallest absolute Gasteiger partial charge is 0.372 e. The number of rotatable bonds is 6. The van der Waals surface area contributed by atoms with E-state index in [9.17, 15) is 4.79 Å². The SMILES string of the molecule is COc1ccc(OCC(=O)ON=C(N)c2ccc[nH+]c2)cc1. The molecule has 0 fully saturated rings. The molecule has 2 aromatic rings. The van der Waals surface area contributed by atoms with E-state index in [0.717, 1.165) is 0 Å². The Kier molecular flexibility index (Phi) is 5.31. The molecule has 7 heteroatoms. The Labute approximate surface area is 127 Å². The van der Waals surface area contributed by atoms with Gasteiger partial charge in [-0.3, -0.25) is 0 Å². The van der Waals surface area contributed by atoms with E-state index in [4.69, 9.17) is 15.2 Å². The van der Waals surface area contributed by atoms with Crippen molar-refractivity contribution >= 4 is 11.8 Å². The van der Waals surface area contributed by atoms with Crippen LogP contribution in [0.2, 0.25) is 0 Å². The van der Waals surface area contributed by atoms with Crippen LogP contribution < -0.4 is 20.2 Å². The third-order valence-electron chi connectivity index (χ3n) is 2.66. The highest BCUT2D eigenvalue weighted by Crippen LogP contribution is 2.16. The molecule has 1 aromatic heterocycles. The number of carbonyl (C=O) groups excluding carboxylic acids is 1. The monoisotopic (exact) mass is 302 g/mol. The summed E-state index contributed by atoms with van der Waals surface area (Å²) >= 11 is 0. The van der Waals surface area contributed by atoms with Crippen LogP contribution in [-0.4, -0.2) is 25.5 Å². The zero-order valence-electron chi connectivity index (χ0n) is 12.0. The number of oxime groups is 1. The predicted molar refractivity (Wildman–Crippen MR) is 78.3 cm³/mol. The number of hydrogen-bond acceptors (Lipinski definition) is 5. The van der Waals surface area contributed by atoms with E-state index in [2.05, 4.69) is 15.0 Å². The molecule has 1 heterocycles. The summed E-state index contributed by atoms with van der Waals surface area (Å²) in [6.45, 7) is -0.274. The average molecular weight is 302 g/mol. The third kappa shape index (κ3) is 4.48. The van der Waals surface area contributed by atoms with Gasteiger partial charge in [0.25, 0.3) is 0 Å². The summed E-state index contributed by atoms with van der Waals surface area (Å²) in [6, 6.07) is 10.3. The second kappa shape index (κ2) is 7.63. The fourth-order valence-electron chi connectivity index (χ4n) is 1.55. The lowest BCUT2D eigenvalue weighted by Crippen LogP contribution is -2.19. The number of nitrogens with two attached hydrogens (primary N) is 1. The zero-order chi connectivity index (χ0) is 15.8. The molecule has 3 N–H and O–H groups in total. The Bertz CT molecular complexity index is 642. The van der Waals surface area contributed by atoms with Crippen LogP contribution in [-0.2, 0) is 9.63 Å². The van der Waals surface area contributed by atoms with E-state index in [1.165, 1.54) is 0 Å². The normalized spacial score (nSPS) is 10.9. The lowest BCUT2D eigenvalue weighted by Gasteiger charge is -2.05. The van der Waals surface area contributed by atoms with E-state index in [1.807, 2.05) is 0 Å². The van der Waals surface area contributed by atoms with Crippen molar-refractivity contribution in [2.45, 2.75) is 0 Å². The summed E-state index contributed by atoms with van der Waals surface area (Å²) in [5.74, 6) is 0.660. The van der Waals surface area contributed by atoms with Gasteiger partial charge in [-0.2, -0.15) is 0 Å². The zero-order valence-corrected chi connectivity index (χ0v) is 12.0. The fourth-order valence-corrected chi connectivity index (χ4v) is 1.55. The van der Waals surface area contributed by atoms with Crippen LogP contribution in [0.3, 0.4) is 0 Å². The molecule has 0 spiro atoms. The molecule has 114 valence electrons. The van der Waals surface area contributed by atoms with Crippen LogP contribution in [0.25, 0.3) is 0 Å². The van der Waals surface area contributed by atoms with Crippen LogP contribution in [0.15, 0.2) is 53.9 Å². The number of pyridine rings is 1. The van der Waals surface area contributed by atoms with Gasteiger partial charge in [-0.05, 0) is 30.3 Å². The van der Waals surface area contributed by atoms with Crippen molar-refractivity contribution < 1.29 is 24.1 Å². The Morgan fingerprint density at radius 3 is 2.59 bits per heavy atom. The largest absolute Gasteiger partial charge is 0.497 e. The van der Waals surface area contributed by atoms with E-state index < -0.39 is 5.97 Å². The molecule has 22 heavy (non-hydrogen) atoms. The molecule has 0 amide bonds. The molecular formula is C15H16N3O4+. The first-order valence-electron chi connectivity index (χ1n) is 6.45. The van der Waals surface area contributed by atoms with Gasteiger partial charge in [0, 0.05) is 6.07 Å². The summed E-state index contributed by atoms with van der Waals surface area (Å²) < 4.78 is 10.3. The van der Waals surface area contributed by atoms with Crippen molar-refractivity contribution in [2.24, 2.45) is 10.9 Å². The average Bonchev–Trinajstić information content (AvgIpc) is 2.59. The first kappa shape index (κ1) is 15.3. The van der Waals surface area contributed by atoms with E-state index in [-0.39, 0.29) is 12.4 Å². The Morgan fingerprint density at radius 2 is 1.95 bits per heavy atom. The van der Waals surface area contributed by atoms with Gasteiger partial charge in [-0.1, -0.05) is 5.16 Å². The van der Waals surface area contributed by atoms with Gasteiger partial charge < -0.3 is 20.0 Å². The van der Waals surface area contributed by atoms with Crippen LogP contribution in [0, 0.1) is 0 Å². The predicted octanol–water partition coefficient (Wildman–Crippen LogP) is 0.752. The lowest BCUT2D eigenvalue weighted by molar-refractivity contribution is -0.378. The molecule has 0 aliphatic carbocycles. The van der Waals surface area contributed by atoms with Gasteiger partial charge in [-0.25, -0.2) is 9.78 Å². The minimum Gasteiger partial charge on any atom is -0.497 e. The van der Waals surface area contributed by atoms with Crippen LogP contribution in [0.5, 0.6) is 11.5 Å². The minimum absolute atomic E-state index is 0.0923. The number of aromatic amines is 1. The molecule has 0 saturated heterocycles. The van der Waals surface area contributed by atoms with Crippen LogP contribution in [0.4, 0.5) is 0 Å². The number of aromatic nitrogens is 1. The molecule has 0 bridgehead atoms. The summed E-state index contributed by atoms with van der Waals surface area (Å²) in [7, 11) is 1.57. The van der Waals surface area contributed by atoms with Crippen LogP contribution >= 0.6 is 0 Å². The standard InChI is InChI=1S/C15H15N3O4/c1-20-12-4-6-13(7-5-12)21-10-14(19)22-18-15(16)11-3-2-8-17-9-11/h2-9H,10H2,1H3,(H2,16,18)/p+1. The third-order valence-corrected chi connectivity index (χ3v) is 2.66. The number of methoxy groups -OCH3 is 1. The highest BCUT2D eigenvalue weighted by atomic mass is 16.7. The molecular weight excluding hydrogens is 286 g/mol. The maximum atomic E-state index is 11.5. The molecule has 1 aromatic carbocycles. The van der Waals surface area contributed by atoms with Crippen molar-refractivity contribution in [2.75, 3.05) is 13.7 Å². The van der Waals surface area contributed by atoms with Gasteiger partial charge in [0.2, 0.25) is 0 Å². The molecule has 0 saturated carbocycles. The van der Waals surface area contributed by atoms with E-state index in [1.54, 1.807) is 55.9 Å². The first-order valence-corrected chi connectivity index (χ1v) is 6.45. The number of benzene rings is 1. The molecule has 0 unspecified atom stereocenters. The number of H-pyrrole nitrogens is 1. The molecule has 0 aliphatic heterocycles. The molecule has 0 aliphatic rings. The second-order valence-electron chi connectivity index (χ2n) is 4.20. The van der Waals surface area contributed by atoms with Gasteiger partial charge >= 0.3 is 5.97 Å². The molecule has 7 nitrogen and oxygen atoms in total. The van der Waals surface area contributed by atoms with Crippen molar-refractivity contribution in [3.8, 4) is 11.5 Å². The van der Waals surface area contributed by atoms with Crippen molar-refractivity contribution in [3.05, 3.63) is 54.4 Å². The molecule has 2 rings (SSSR count). The highest BCUT2D eigenvalue weighted by molar-refractivity contribution is 5.96. The van der Waals surface area contributed by atoms with E-state index in [0.29, 0.717) is 17.1 Å². The van der Waals surface area contributed by atoms with Gasteiger partial charge in [0.1, 0.15) is 11.5 Å². The van der Waals surface area contributed by atoms with E-state index >= 15 is 0 Å². The highest BCUT2D eigenvalue weighted by Gasteiger charge is 2.07. The minimum atomic E-state index is -0.654. The lowest BCUT2D eigenvalue weighted by atomic mass is 10.3. The maximum Gasteiger partial charge on any atom is 0.372 e. The van der Waals surface area contributed by atoms with Crippen molar-refractivity contribution in [1.29, 1.82) is 0 Å². The number of carbonyl (C=O) groups is 1. The summed E-state index contributed by atoms with van der Waals surface area (Å²) in [5.41, 5.74) is 6.30. The number of nitrogens with one attached hydrogen (secondary N) is 1. The Morgan fingerprint density at radius 1 is 1.23 bits per heavy atom. The summed E-state index contributed by atoms with van der Waals surface area (Å²) in [6.07, 6.45) is 3.37. The quantitative estimate of drug-likeness (QED) is 0.367. The Hall–Kier alpha value is -3.09. The van der Waals surface area contributed by atoms with Gasteiger partial charge in [0.05, 0.1) is 12.7 Å². The summed E-state index contributed by atoms with van der Waals surface area (Å²) in [4.78, 5) is 19.1. The number of ether oxygens (including phenoxy) is 2. The van der Waals surface area contributed by atoms with Crippen LogP contribution in [0.1, 0.15) is 5.56 Å². The van der Waals surface area contributed by atoms with Crippen molar-refractivity contribution in [1.82, 2.24) is 0 Å². The fraction of sp³-hybridized carbons (Fsp3) is 0.133. The van der Waals surface area contributed by atoms with Gasteiger partial charge in [0.15, 0.2) is 24.8 Å². The topological polar surface area (TPSA) is 97.3 Å².